The molecule has 2 atom stereocenters. The zero-order valence-electron chi connectivity index (χ0n) is 8.59. The lowest BCUT2D eigenvalue weighted by Gasteiger charge is -2.25. The zero-order valence-corrected chi connectivity index (χ0v) is 8.59. The highest BCUT2D eigenvalue weighted by Gasteiger charge is 2.34. The van der Waals surface area contributed by atoms with Gasteiger partial charge in [0.25, 0.3) is 0 Å². The molecule has 12 heavy (non-hydrogen) atoms. The molecule has 0 aromatic carbocycles. The largest absolute Gasteiger partial charge is 0.349 e. The molecule has 0 aromatic rings. The molecule has 0 N–H and O–H groups in total. The van der Waals surface area contributed by atoms with Gasteiger partial charge in [-0.25, -0.2) is 0 Å². The van der Waals surface area contributed by atoms with Gasteiger partial charge in [-0.15, -0.1) is 0 Å². The van der Waals surface area contributed by atoms with Crippen LogP contribution >= 0.6 is 0 Å². The maximum absolute atomic E-state index is 5.74. The van der Waals surface area contributed by atoms with Crippen LogP contribution in [0, 0.1) is 5.41 Å². The normalized spacial score (nSPS) is 31.0. The second kappa shape index (κ2) is 3.75. The first-order chi connectivity index (χ1) is 5.54. The predicted molar refractivity (Wildman–Crippen MR) is 49.0 cm³/mol. The van der Waals surface area contributed by atoms with Crippen LogP contribution in [0.15, 0.2) is 0 Å². The standard InChI is InChI=1S/C10H20O2/c1-5-6-8-7-11-9(12-8)10(2,3)4/h8-9H,5-7H2,1-4H3. The van der Waals surface area contributed by atoms with Gasteiger partial charge in [0, 0.05) is 5.41 Å². The SMILES string of the molecule is CCCC1COC(C(C)(C)C)O1. The van der Waals surface area contributed by atoms with Crippen molar-refractivity contribution in [2.75, 3.05) is 6.61 Å². The highest BCUT2D eigenvalue weighted by molar-refractivity contribution is 4.74. The molecule has 0 radical (unpaired) electrons. The second-order valence-corrected chi connectivity index (χ2v) is 4.58. The molecule has 2 unspecified atom stereocenters. The van der Waals surface area contributed by atoms with E-state index < -0.39 is 0 Å². The first-order valence-electron chi connectivity index (χ1n) is 4.81. The highest BCUT2D eigenvalue weighted by Crippen LogP contribution is 2.29. The Balaban J connectivity index is 2.35. The highest BCUT2D eigenvalue weighted by atomic mass is 16.7. The van der Waals surface area contributed by atoms with Crippen LogP contribution in [0.2, 0.25) is 0 Å². The summed E-state index contributed by atoms with van der Waals surface area (Å²) in [6, 6.07) is 0. The molecule has 1 heterocycles. The van der Waals surface area contributed by atoms with Crippen LogP contribution in [0.1, 0.15) is 40.5 Å². The molecule has 0 amide bonds. The summed E-state index contributed by atoms with van der Waals surface area (Å²) in [4.78, 5) is 0. The Labute approximate surface area is 75.2 Å². The average Bonchev–Trinajstić information content (AvgIpc) is 2.35. The number of hydrogen-bond donors (Lipinski definition) is 0. The van der Waals surface area contributed by atoms with E-state index in [9.17, 15) is 0 Å². The Hall–Kier alpha value is -0.0800. The van der Waals surface area contributed by atoms with Crippen molar-refractivity contribution in [2.45, 2.75) is 52.9 Å². The summed E-state index contributed by atoms with van der Waals surface area (Å²) in [5, 5.41) is 0. The van der Waals surface area contributed by atoms with E-state index in [0.29, 0.717) is 6.10 Å². The van der Waals surface area contributed by atoms with E-state index >= 15 is 0 Å². The lowest BCUT2D eigenvalue weighted by molar-refractivity contribution is -0.124. The van der Waals surface area contributed by atoms with Gasteiger partial charge in [0.05, 0.1) is 12.7 Å². The van der Waals surface area contributed by atoms with Crippen molar-refractivity contribution in [3.8, 4) is 0 Å². The summed E-state index contributed by atoms with van der Waals surface area (Å²) >= 11 is 0. The first kappa shape index (κ1) is 10.0. The molecule has 0 spiro atoms. The van der Waals surface area contributed by atoms with Crippen LogP contribution in [0.4, 0.5) is 0 Å². The maximum Gasteiger partial charge on any atom is 0.162 e. The maximum atomic E-state index is 5.74. The van der Waals surface area contributed by atoms with Crippen LogP contribution in [0.3, 0.4) is 0 Å². The van der Waals surface area contributed by atoms with E-state index in [1.807, 2.05) is 0 Å². The number of hydrogen-bond acceptors (Lipinski definition) is 2. The van der Waals surface area contributed by atoms with Crippen molar-refractivity contribution >= 4 is 0 Å². The fraction of sp³-hybridized carbons (Fsp3) is 1.00. The lowest BCUT2D eigenvalue weighted by Crippen LogP contribution is -2.27. The molecule has 1 fully saturated rings. The van der Waals surface area contributed by atoms with Crippen LogP contribution in [0.25, 0.3) is 0 Å². The summed E-state index contributed by atoms with van der Waals surface area (Å²) in [6.07, 6.45) is 2.62. The van der Waals surface area contributed by atoms with Crippen molar-refractivity contribution in [1.29, 1.82) is 0 Å². The average molecular weight is 172 g/mol. The van der Waals surface area contributed by atoms with E-state index in [-0.39, 0.29) is 11.7 Å². The Bertz CT molecular complexity index is 137. The van der Waals surface area contributed by atoms with Gasteiger partial charge < -0.3 is 9.47 Å². The fourth-order valence-corrected chi connectivity index (χ4v) is 1.38. The minimum Gasteiger partial charge on any atom is -0.349 e. The molecule has 1 aliphatic rings. The minimum absolute atomic E-state index is 0.00551. The van der Waals surface area contributed by atoms with Crippen LogP contribution in [-0.4, -0.2) is 19.0 Å². The van der Waals surface area contributed by atoms with E-state index in [0.717, 1.165) is 13.0 Å². The molecular formula is C10H20O2. The molecule has 1 saturated heterocycles. The van der Waals surface area contributed by atoms with Gasteiger partial charge in [-0.2, -0.15) is 0 Å². The van der Waals surface area contributed by atoms with Crippen LogP contribution in [0.5, 0.6) is 0 Å². The molecule has 2 nitrogen and oxygen atoms in total. The van der Waals surface area contributed by atoms with Gasteiger partial charge in [-0.05, 0) is 6.42 Å². The van der Waals surface area contributed by atoms with Gasteiger partial charge >= 0.3 is 0 Å². The summed E-state index contributed by atoms with van der Waals surface area (Å²) in [5.74, 6) is 0. The predicted octanol–water partition coefficient (Wildman–Crippen LogP) is 2.57. The second-order valence-electron chi connectivity index (χ2n) is 4.58. The molecule has 1 aliphatic heterocycles. The van der Waals surface area contributed by atoms with E-state index in [2.05, 4.69) is 27.7 Å². The summed E-state index contributed by atoms with van der Waals surface area (Å²) in [5.41, 5.74) is 0.114. The van der Waals surface area contributed by atoms with Gasteiger partial charge in [0.2, 0.25) is 0 Å². The first-order valence-corrected chi connectivity index (χ1v) is 4.81. The van der Waals surface area contributed by atoms with Crippen molar-refractivity contribution in [1.82, 2.24) is 0 Å². The van der Waals surface area contributed by atoms with E-state index in [4.69, 9.17) is 9.47 Å². The quantitative estimate of drug-likeness (QED) is 0.637. The third kappa shape index (κ3) is 2.46. The smallest absolute Gasteiger partial charge is 0.162 e. The number of rotatable bonds is 2. The Morgan fingerprint density at radius 1 is 1.33 bits per heavy atom. The van der Waals surface area contributed by atoms with Crippen molar-refractivity contribution < 1.29 is 9.47 Å². The summed E-state index contributed by atoms with van der Waals surface area (Å²) in [7, 11) is 0. The summed E-state index contributed by atoms with van der Waals surface area (Å²) in [6.45, 7) is 9.38. The molecule has 0 aliphatic carbocycles. The van der Waals surface area contributed by atoms with Gasteiger partial charge in [0.15, 0.2) is 6.29 Å². The monoisotopic (exact) mass is 172 g/mol. The molecular weight excluding hydrogens is 152 g/mol. The van der Waals surface area contributed by atoms with Gasteiger partial charge in [0.1, 0.15) is 0 Å². The Morgan fingerprint density at radius 3 is 2.42 bits per heavy atom. The van der Waals surface area contributed by atoms with Crippen molar-refractivity contribution in [2.24, 2.45) is 5.41 Å². The van der Waals surface area contributed by atoms with E-state index in [1.165, 1.54) is 6.42 Å². The van der Waals surface area contributed by atoms with Gasteiger partial charge in [-0.3, -0.25) is 0 Å². The molecule has 0 saturated carbocycles. The fourth-order valence-electron chi connectivity index (χ4n) is 1.38. The third-order valence-electron chi connectivity index (χ3n) is 2.07. The number of ether oxygens (including phenoxy) is 2. The van der Waals surface area contributed by atoms with Crippen molar-refractivity contribution in [3.63, 3.8) is 0 Å². The molecule has 2 heteroatoms. The molecule has 1 rings (SSSR count). The van der Waals surface area contributed by atoms with E-state index in [1.54, 1.807) is 0 Å². The zero-order chi connectivity index (χ0) is 9.19. The third-order valence-corrected chi connectivity index (χ3v) is 2.07. The lowest BCUT2D eigenvalue weighted by atomic mass is 9.96. The van der Waals surface area contributed by atoms with Gasteiger partial charge in [-0.1, -0.05) is 34.1 Å². The van der Waals surface area contributed by atoms with Crippen LogP contribution in [-0.2, 0) is 9.47 Å². The van der Waals surface area contributed by atoms with Crippen molar-refractivity contribution in [3.05, 3.63) is 0 Å². The molecule has 72 valence electrons. The summed E-state index contributed by atoms with van der Waals surface area (Å²) < 4.78 is 11.3. The molecule has 0 aromatic heterocycles. The Kier molecular flexibility index (Phi) is 3.13. The Morgan fingerprint density at radius 2 is 2.00 bits per heavy atom. The topological polar surface area (TPSA) is 18.5 Å². The van der Waals surface area contributed by atoms with Crippen LogP contribution < -0.4 is 0 Å². The molecule has 0 bridgehead atoms. The minimum atomic E-state index is -0.00551.